The number of carbonyl (C=O) groups is 1. The Labute approximate surface area is 125 Å². The van der Waals surface area contributed by atoms with Gasteiger partial charge in [0.25, 0.3) is 0 Å². The molecule has 0 heterocycles. The molecule has 0 aromatic heterocycles. The van der Waals surface area contributed by atoms with Gasteiger partial charge in [0.15, 0.2) is 0 Å². The third kappa shape index (κ3) is 19.7. The molecule has 0 rings (SSSR count). The quantitative estimate of drug-likeness (QED) is 0.507. The molecule has 5 N–H and O–H groups in total. The summed E-state index contributed by atoms with van der Waals surface area (Å²) in [6, 6.07) is -0.690. The van der Waals surface area contributed by atoms with E-state index in [1.165, 1.54) is 51.4 Å². The van der Waals surface area contributed by atoms with E-state index in [-0.39, 0.29) is 0 Å². The van der Waals surface area contributed by atoms with Gasteiger partial charge in [-0.3, -0.25) is 4.79 Å². The summed E-state index contributed by atoms with van der Waals surface area (Å²) in [6.45, 7) is 7.02. The van der Waals surface area contributed by atoms with Crippen LogP contribution in [0.5, 0.6) is 0 Å². The average molecular weight is 288 g/mol. The maximum Gasteiger partial charge on any atom is 0.320 e. The zero-order chi connectivity index (χ0) is 15.8. The maximum absolute atomic E-state index is 10.1. The Kier molecular flexibility index (Phi) is 17.8. The monoisotopic (exact) mass is 288 g/mol. The van der Waals surface area contributed by atoms with Gasteiger partial charge < -0.3 is 16.6 Å². The van der Waals surface area contributed by atoms with Crippen LogP contribution in [0, 0.1) is 5.92 Å². The summed E-state index contributed by atoms with van der Waals surface area (Å²) in [5, 5.41) is 8.31. The molecule has 0 amide bonds. The molecule has 0 saturated carbocycles. The van der Waals surface area contributed by atoms with Crippen LogP contribution in [0.3, 0.4) is 0 Å². The molecule has 0 bridgehead atoms. The van der Waals surface area contributed by atoms with E-state index in [1.807, 2.05) is 13.8 Å². The van der Waals surface area contributed by atoms with E-state index in [1.54, 1.807) is 0 Å². The standard InChI is InChI=1S/C10H23N.C6H13NO2/c1-2-3-4-5-6-7-8-9-10-11;1-4(2)3-5(7)6(8)9/h2-11H2,1H3;4-5H,3,7H2,1-2H3,(H,8,9)/t;5-/m.0/s1. The third-order valence-corrected chi connectivity index (χ3v) is 3.10. The van der Waals surface area contributed by atoms with Crippen molar-refractivity contribution in [2.75, 3.05) is 6.54 Å². The van der Waals surface area contributed by atoms with Gasteiger partial charge in [-0.05, 0) is 25.3 Å². The summed E-state index contributed by atoms with van der Waals surface area (Å²) >= 11 is 0. The molecule has 0 saturated heterocycles. The first kappa shape index (κ1) is 21.7. The minimum absolute atomic E-state index is 0.357. The van der Waals surface area contributed by atoms with Crippen molar-refractivity contribution in [3.05, 3.63) is 0 Å². The van der Waals surface area contributed by atoms with E-state index in [0.717, 1.165) is 6.54 Å². The highest BCUT2D eigenvalue weighted by atomic mass is 16.4. The smallest absolute Gasteiger partial charge is 0.320 e. The predicted molar refractivity (Wildman–Crippen MR) is 86.7 cm³/mol. The van der Waals surface area contributed by atoms with Crippen LogP contribution in [0.25, 0.3) is 0 Å². The summed E-state index contributed by atoms with van der Waals surface area (Å²) in [5.41, 5.74) is 10.6. The first-order valence-corrected chi connectivity index (χ1v) is 8.14. The molecular formula is C16H36N2O2. The largest absolute Gasteiger partial charge is 0.480 e. The van der Waals surface area contributed by atoms with Crippen LogP contribution in [0.2, 0.25) is 0 Å². The second-order valence-electron chi connectivity index (χ2n) is 5.84. The lowest BCUT2D eigenvalue weighted by Crippen LogP contribution is -2.31. The summed E-state index contributed by atoms with van der Waals surface area (Å²) in [5.74, 6) is -0.556. The number of nitrogens with two attached hydrogens (primary N) is 2. The Hall–Kier alpha value is -0.610. The number of hydrogen-bond acceptors (Lipinski definition) is 3. The zero-order valence-electron chi connectivity index (χ0n) is 13.7. The van der Waals surface area contributed by atoms with Gasteiger partial charge in [0.2, 0.25) is 0 Å². The van der Waals surface area contributed by atoms with Gasteiger partial charge in [0.1, 0.15) is 6.04 Å². The molecule has 1 atom stereocenters. The first-order chi connectivity index (χ1) is 9.45. The van der Waals surface area contributed by atoms with Gasteiger partial charge in [0.05, 0.1) is 0 Å². The highest BCUT2D eigenvalue weighted by Gasteiger charge is 2.11. The lowest BCUT2D eigenvalue weighted by atomic mass is 10.1. The summed E-state index contributed by atoms with van der Waals surface area (Å²) < 4.78 is 0. The van der Waals surface area contributed by atoms with Crippen LogP contribution in [0.1, 0.15) is 78.6 Å². The summed E-state index contributed by atoms with van der Waals surface area (Å²) in [7, 11) is 0. The molecule has 0 spiro atoms. The molecule has 0 aliphatic rings. The zero-order valence-corrected chi connectivity index (χ0v) is 13.7. The highest BCUT2D eigenvalue weighted by molar-refractivity contribution is 5.72. The van der Waals surface area contributed by atoms with Gasteiger partial charge >= 0.3 is 5.97 Å². The molecule has 4 heteroatoms. The summed E-state index contributed by atoms with van der Waals surface area (Å²) in [6.07, 6.45) is 11.5. The van der Waals surface area contributed by atoms with Gasteiger partial charge in [-0.1, -0.05) is 65.7 Å². The molecule has 0 fully saturated rings. The highest BCUT2D eigenvalue weighted by Crippen LogP contribution is 2.07. The van der Waals surface area contributed by atoms with Crippen LogP contribution >= 0.6 is 0 Å². The normalized spacial score (nSPS) is 11.9. The lowest BCUT2D eigenvalue weighted by Gasteiger charge is -2.07. The van der Waals surface area contributed by atoms with E-state index in [4.69, 9.17) is 16.6 Å². The Morgan fingerprint density at radius 1 is 1.00 bits per heavy atom. The number of unbranched alkanes of at least 4 members (excludes halogenated alkanes) is 7. The Morgan fingerprint density at radius 2 is 1.45 bits per heavy atom. The van der Waals surface area contributed by atoms with Crippen LogP contribution in [-0.4, -0.2) is 23.7 Å². The molecule has 20 heavy (non-hydrogen) atoms. The van der Waals surface area contributed by atoms with Gasteiger partial charge in [0, 0.05) is 0 Å². The second-order valence-corrected chi connectivity index (χ2v) is 5.84. The van der Waals surface area contributed by atoms with Crippen molar-refractivity contribution < 1.29 is 9.90 Å². The molecule has 0 aliphatic carbocycles. The van der Waals surface area contributed by atoms with E-state index >= 15 is 0 Å². The van der Waals surface area contributed by atoms with Gasteiger partial charge in [-0.25, -0.2) is 0 Å². The Bertz CT molecular complexity index is 201. The molecule has 0 aromatic carbocycles. The van der Waals surface area contributed by atoms with E-state index in [2.05, 4.69) is 6.92 Å². The Balaban J connectivity index is 0. The van der Waals surface area contributed by atoms with Crippen molar-refractivity contribution in [3.63, 3.8) is 0 Å². The lowest BCUT2D eigenvalue weighted by molar-refractivity contribution is -0.138. The fraction of sp³-hybridized carbons (Fsp3) is 0.938. The first-order valence-electron chi connectivity index (χ1n) is 8.14. The Morgan fingerprint density at radius 3 is 1.75 bits per heavy atom. The van der Waals surface area contributed by atoms with Crippen LogP contribution in [-0.2, 0) is 4.79 Å². The fourth-order valence-corrected chi connectivity index (χ4v) is 1.89. The number of hydrogen-bond donors (Lipinski definition) is 3. The number of rotatable bonds is 11. The summed E-state index contributed by atoms with van der Waals surface area (Å²) in [4.78, 5) is 10.1. The van der Waals surface area contributed by atoms with Crippen molar-refractivity contribution >= 4 is 5.97 Å². The molecule has 0 aromatic rings. The average Bonchev–Trinajstić information content (AvgIpc) is 2.38. The van der Waals surface area contributed by atoms with Crippen molar-refractivity contribution in [3.8, 4) is 0 Å². The number of aliphatic carboxylic acids is 1. The molecule has 0 aliphatic heterocycles. The van der Waals surface area contributed by atoms with Crippen molar-refractivity contribution in [2.45, 2.75) is 84.6 Å². The van der Waals surface area contributed by atoms with E-state index in [9.17, 15) is 4.79 Å². The number of carboxylic acids is 1. The molecule has 0 unspecified atom stereocenters. The topological polar surface area (TPSA) is 89.3 Å². The molecular weight excluding hydrogens is 252 g/mol. The number of carboxylic acid groups (broad SMARTS) is 1. The van der Waals surface area contributed by atoms with Crippen molar-refractivity contribution in [2.24, 2.45) is 17.4 Å². The minimum atomic E-state index is -0.913. The second kappa shape index (κ2) is 16.4. The van der Waals surface area contributed by atoms with Gasteiger partial charge in [-0.2, -0.15) is 0 Å². The third-order valence-electron chi connectivity index (χ3n) is 3.10. The van der Waals surface area contributed by atoms with Crippen LogP contribution in [0.4, 0.5) is 0 Å². The minimum Gasteiger partial charge on any atom is -0.480 e. The van der Waals surface area contributed by atoms with Gasteiger partial charge in [-0.15, -0.1) is 0 Å². The van der Waals surface area contributed by atoms with E-state index < -0.39 is 12.0 Å². The molecule has 4 nitrogen and oxygen atoms in total. The van der Waals surface area contributed by atoms with E-state index in [0.29, 0.717) is 12.3 Å². The SMILES string of the molecule is CC(C)C[C@H](N)C(=O)O.CCCCCCCCCCN. The molecule has 0 radical (unpaired) electrons. The van der Waals surface area contributed by atoms with Crippen molar-refractivity contribution in [1.29, 1.82) is 0 Å². The predicted octanol–water partition coefficient (Wildman–Crippen LogP) is 3.53. The fourth-order valence-electron chi connectivity index (χ4n) is 1.89. The maximum atomic E-state index is 10.1. The van der Waals surface area contributed by atoms with Crippen LogP contribution in [0.15, 0.2) is 0 Å². The van der Waals surface area contributed by atoms with Crippen molar-refractivity contribution in [1.82, 2.24) is 0 Å². The molecule has 122 valence electrons. The van der Waals surface area contributed by atoms with Crippen LogP contribution < -0.4 is 11.5 Å².